The number of nitrogens with two attached hydrogens (primary N) is 1. The average molecular weight is 253 g/mol. The minimum Gasteiger partial charge on any atom is -0.497 e. The number of anilines is 1. The van der Waals surface area contributed by atoms with Crippen molar-refractivity contribution in [3.63, 3.8) is 0 Å². The van der Waals surface area contributed by atoms with E-state index in [0.717, 1.165) is 23.4 Å². The van der Waals surface area contributed by atoms with Gasteiger partial charge in [0, 0.05) is 11.3 Å². The number of methoxy groups -OCH3 is 1. The molecular formula is C17H19NO. The van der Waals surface area contributed by atoms with Crippen LogP contribution in [0.4, 0.5) is 5.69 Å². The van der Waals surface area contributed by atoms with Crippen LogP contribution in [-0.4, -0.2) is 7.11 Å². The summed E-state index contributed by atoms with van der Waals surface area (Å²) in [6.45, 7) is 2.14. The maximum absolute atomic E-state index is 6.42. The highest BCUT2D eigenvalue weighted by Crippen LogP contribution is 2.38. The minimum absolute atomic E-state index is 0.872. The Morgan fingerprint density at radius 2 is 2.00 bits per heavy atom. The van der Waals surface area contributed by atoms with Crippen molar-refractivity contribution in [2.75, 3.05) is 12.8 Å². The lowest BCUT2D eigenvalue weighted by molar-refractivity contribution is 0.415. The predicted molar refractivity (Wildman–Crippen MR) is 79.6 cm³/mol. The maximum Gasteiger partial charge on any atom is 0.119 e. The van der Waals surface area contributed by atoms with Crippen molar-refractivity contribution in [1.29, 1.82) is 0 Å². The lowest BCUT2D eigenvalue weighted by Gasteiger charge is -2.15. The van der Waals surface area contributed by atoms with Crippen LogP contribution in [0, 0.1) is 6.92 Å². The molecule has 2 aromatic rings. The van der Waals surface area contributed by atoms with Gasteiger partial charge in [0.25, 0.3) is 0 Å². The Morgan fingerprint density at radius 1 is 1.16 bits per heavy atom. The smallest absolute Gasteiger partial charge is 0.119 e. The molecule has 3 rings (SSSR count). The molecule has 0 spiro atoms. The van der Waals surface area contributed by atoms with Crippen molar-refractivity contribution >= 4 is 5.69 Å². The molecule has 0 fully saturated rings. The molecule has 0 bridgehead atoms. The first-order valence-corrected chi connectivity index (χ1v) is 6.76. The number of ether oxygens (including phenoxy) is 1. The summed E-state index contributed by atoms with van der Waals surface area (Å²) < 4.78 is 5.31. The highest BCUT2D eigenvalue weighted by Gasteiger charge is 2.19. The van der Waals surface area contributed by atoms with Gasteiger partial charge in [0.2, 0.25) is 0 Å². The van der Waals surface area contributed by atoms with Crippen LogP contribution in [0.2, 0.25) is 0 Å². The molecule has 0 aromatic heterocycles. The molecule has 0 saturated heterocycles. The Labute approximate surface area is 114 Å². The molecule has 19 heavy (non-hydrogen) atoms. The fraction of sp³-hybridized carbons (Fsp3) is 0.294. The Morgan fingerprint density at radius 3 is 2.79 bits per heavy atom. The number of nitrogen functional groups attached to an aromatic ring is 1. The van der Waals surface area contributed by atoms with E-state index in [9.17, 15) is 0 Å². The number of benzene rings is 2. The summed E-state index contributed by atoms with van der Waals surface area (Å²) in [5.41, 5.74) is 13.7. The van der Waals surface area contributed by atoms with E-state index < -0.39 is 0 Å². The largest absolute Gasteiger partial charge is 0.497 e. The molecule has 2 nitrogen and oxygen atoms in total. The van der Waals surface area contributed by atoms with Crippen molar-refractivity contribution in [1.82, 2.24) is 0 Å². The summed E-state index contributed by atoms with van der Waals surface area (Å²) in [5, 5.41) is 0. The highest BCUT2D eigenvalue weighted by molar-refractivity contribution is 5.83. The van der Waals surface area contributed by atoms with Gasteiger partial charge in [0.15, 0.2) is 0 Å². The van der Waals surface area contributed by atoms with E-state index >= 15 is 0 Å². The summed E-state index contributed by atoms with van der Waals surface area (Å²) >= 11 is 0. The normalized spacial score (nSPS) is 13.4. The molecule has 2 N–H and O–H groups in total. The van der Waals surface area contributed by atoms with E-state index in [2.05, 4.69) is 25.1 Å². The van der Waals surface area contributed by atoms with Crippen molar-refractivity contribution in [2.24, 2.45) is 0 Å². The highest BCUT2D eigenvalue weighted by atomic mass is 16.5. The van der Waals surface area contributed by atoms with E-state index in [0.29, 0.717) is 0 Å². The van der Waals surface area contributed by atoms with Gasteiger partial charge in [-0.05, 0) is 60.6 Å². The third kappa shape index (κ3) is 1.97. The molecule has 0 aliphatic heterocycles. The Hall–Kier alpha value is -1.96. The SMILES string of the molecule is COc1cccc(-c2c(C)cc3c(c2N)CCC3)c1. The van der Waals surface area contributed by atoms with E-state index in [1.807, 2.05) is 12.1 Å². The maximum atomic E-state index is 6.42. The van der Waals surface area contributed by atoms with Crippen molar-refractivity contribution in [3.8, 4) is 16.9 Å². The zero-order valence-electron chi connectivity index (χ0n) is 11.5. The van der Waals surface area contributed by atoms with Crippen molar-refractivity contribution < 1.29 is 4.74 Å². The van der Waals surface area contributed by atoms with E-state index in [1.165, 1.54) is 35.1 Å². The van der Waals surface area contributed by atoms with Crippen LogP contribution in [0.3, 0.4) is 0 Å². The first-order chi connectivity index (χ1) is 9.20. The fourth-order valence-electron chi connectivity index (χ4n) is 3.09. The van der Waals surface area contributed by atoms with E-state index in [-0.39, 0.29) is 0 Å². The average Bonchev–Trinajstić information content (AvgIpc) is 2.87. The number of rotatable bonds is 2. The van der Waals surface area contributed by atoms with Gasteiger partial charge < -0.3 is 10.5 Å². The molecule has 0 unspecified atom stereocenters. The molecule has 0 atom stereocenters. The fourth-order valence-corrected chi connectivity index (χ4v) is 3.09. The van der Waals surface area contributed by atoms with Gasteiger partial charge in [-0.3, -0.25) is 0 Å². The van der Waals surface area contributed by atoms with Crippen molar-refractivity contribution in [3.05, 3.63) is 47.0 Å². The Bertz CT molecular complexity index is 631. The summed E-state index contributed by atoms with van der Waals surface area (Å²) in [6.07, 6.45) is 3.50. The molecule has 2 aromatic carbocycles. The van der Waals surface area contributed by atoms with Gasteiger partial charge in [0.05, 0.1) is 7.11 Å². The zero-order chi connectivity index (χ0) is 13.4. The van der Waals surface area contributed by atoms with Crippen LogP contribution in [0.15, 0.2) is 30.3 Å². The van der Waals surface area contributed by atoms with Gasteiger partial charge in [0.1, 0.15) is 5.75 Å². The van der Waals surface area contributed by atoms with Gasteiger partial charge in [-0.1, -0.05) is 18.2 Å². The van der Waals surface area contributed by atoms with Gasteiger partial charge >= 0.3 is 0 Å². The van der Waals surface area contributed by atoms with Crippen LogP contribution >= 0.6 is 0 Å². The molecule has 0 heterocycles. The van der Waals surface area contributed by atoms with Crippen LogP contribution in [-0.2, 0) is 12.8 Å². The van der Waals surface area contributed by atoms with E-state index in [1.54, 1.807) is 7.11 Å². The minimum atomic E-state index is 0.872. The third-order valence-electron chi connectivity index (χ3n) is 4.00. The second-order valence-corrected chi connectivity index (χ2v) is 5.21. The molecular weight excluding hydrogens is 234 g/mol. The summed E-state index contributed by atoms with van der Waals surface area (Å²) in [6, 6.07) is 10.4. The second kappa shape index (κ2) is 4.61. The molecule has 0 radical (unpaired) electrons. The Balaban J connectivity index is 2.19. The predicted octanol–water partition coefficient (Wildman–Crippen LogP) is 3.74. The topological polar surface area (TPSA) is 35.2 Å². The molecule has 98 valence electrons. The molecule has 0 saturated carbocycles. The first kappa shape index (κ1) is 12.1. The zero-order valence-corrected chi connectivity index (χ0v) is 11.5. The molecule has 1 aliphatic rings. The number of hydrogen-bond acceptors (Lipinski definition) is 2. The molecule has 0 amide bonds. The first-order valence-electron chi connectivity index (χ1n) is 6.76. The quantitative estimate of drug-likeness (QED) is 0.827. The standard InChI is InChI=1S/C17H19NO/c1-11-9-12-5-4-8-15(12)17(18)16(11)13-6-3-7-14(10-13)19-2/h3,6-7,9-10H,4-5,8,18H2,1-2H3. The van der Waals surface area contributed by atoms with E-state index in [4.69, 9.17) is 10.5 Å². The third-order valence-corrected chi connectivity index (χ3v) is 4.00. The second-order valence-electron chi connectivity index (χ2n) is 5.21. The lowest BCUT2D eigenvalue weighted by Crippen LogP contribution is -2.00. The van der Waals surface area contributed by atoms with Gasteiger partial charge in [-0.25, -0.2) is 0 Å². The summed E-state index contributed by atoms with van der Waals surface area (Å²) in [4.78, 5) is 0. The lowest BCUT2D eigenvalue weighted by atomic mass is 9.93. The number of hydrogen-bond donors (Lipinski definition) is 1. The summed E-state index contributed by atoms with van der Waals surface area (Å²) in [5.74, 6) is 0.872. The summed E-state index contributed by atoms with van der Waals surface area (Å²) in [7, 11) is 1.69. The number of fused-ring (bicyclic) bond motifs is 1. The van der Waals surface area contributed by atoms with Crippen LogP contribution in [0.25, 0.3) is 11.1 Å². The molecule has 1 aliphatic carbocycles. The van der Waals surface area contributed by atoms with Crippen LogP contribution in [0.1, 0.15) is 23.1 Å². The van der Waals surface area contributed by atoms with Crippen LogP contribution < -0.4 is 10.5 Å². The van der Waals surface area contributed by atoms with Crippen LogP contribution in [0.5, 0.6) is 5.75 Å². The van der Waals surface area contributed by atoms with Gasteiger partial charge in [-0.15, -0.1) is 0 Å². The number of aryl methyl sites for hydroxylation is 2. The monoisotopic (exact) mass is 253 g/mol. The molecule has 2 heteroatoms. The van der Waals surface area contributed by atoms with Gasteiger partial charge in [-0.2, -0.15) is 0 Å². The van der Waals surface area contributed by atoms with Crippen molar-refractivity contribution in [2.45, 2.75) is 26.2 Å². The Kier molecular flexibility index (Phi) is 2.94.